The zero-order valence-corrected chi connectivity index (χ0v) is 15.7. The number of hydrogen-bond acceptors (Lipinski definition) is 6. The SMILES string of the molecule is O=C(O)c1ccc2c(c1)NC(Nc1ccccc1)c1cc(NCCCO)ncc1-2. The van der Waals surface area contributed by atoms with E-state index >= 15 is 0 Å². The molecule has 0 bridgehead atoms. The highest BCUT2D eigenvalue weighted by molar-refractivity contribution is 5.93. The van der Waals surface area contributed by atoms with Gasteiger partial charge in [-0.3, -0.25) is 0 Å². The Labute approximate surface area is 168 Å². The van der Waals surface area contributed by atoms with Crippen molar-refractivity contribution in [1.82, 2.24) is 4.98 Å². The molecule has 0 saturated heterocycles. The number of anilines is 3. The Morgan fingerprint density at radius 3 is 2.69 bits per heavy atom. The van der Waals surface area contributed by atoms with Crippen molar-refractivity contribution >= 4 is 23.2 Å². The van der Waals surface area contributed by atoms with Gasteiger partial charge < -0.3 is 26.2 Å². The molecule has 7 heteroatoms. The first kappa shape index (κ1) is 18.8. The number of nitrogens with one attached hydrogen (secondary N) is 3. The lowest BCUT2D eigenvalue weighted by atomic mass is 9.93. The molecule has 7 nitrogen and oxygen atoms in total. The molecule has 0 radical (unpaired) electrons. The van der Waals surface area contributed by atoms with Crippen molar-refractivity contribution in [2.45, 2.75) is 12.6 Å². The number of carboxylic acid groups (broad SMARTS) is 1. The van der Waals surface area contributed by atoms with Crippen LogP contribution in [0.2, 0.25) is 0 Å². The van der Waals surface area contributed by atoms with E-state index in [4.69, 9.17) is 5.11 Å². The Bertz CT molecular complexity index is 1020. The number of nitrogens with zero attached hydrogens (tertiary/aromatic N) is 1. The lowest BCUT2D eigenvalue weighted by molar-refractivity contribution is 0.0697. The second kappa shape index (κ2) is 8.20. The molecule has 1 unspecified atom stereocenters. The van der Waals surface area contributed by atoms with Gasteiger partial charge in [0.25, 0.3) is 0 Å². The third-order valence-electron chi connectivity index (χ3n) is 4.83. The Morgan fingerprint density at radius 2 is 1.93 bits per heavy atom. The zero-order valence-electron chi connectivity index (χ0n) is 15.7. The van der Waals surface area contributed by atoms with Gasteiger partial charge in [0.05, 0.1) is 5.56 Å². The van der Waals surface area contributed by atoms with Gasteiger partial charge >= 0.3 is 5.97 Å². The van der Waals surface area contributed by atoms with Crippen LogP contribution in [0.4, 0.5) is 17.2 Å². The monoisotopic (exact) mass is 390 g/mol. The molecule has 2 heterocycles. The summed E-state index contributed by atoms with van der Waals surface area (Å²) in [6.07, 6.45) is 2.19. The summed E-state index contributed by atoms with van der Waals surface area (Å²) in [5.41, 5.74) is 4.77. The van der Waals surface area contributed by atoms with E-state index < -0.39 is 5.97 Å². The van der Waals surface area contributed by atoms with Crippen LogP contribution in [0.5, 0.6) is 0 Å². The number of aliphatic hydroxyl groups excluding tert-OH is 1. The van der Waals surface area contributed by atoms with E-state index in [0.29, 0.717) is 13.0 Å². The molecule has 0 aliphatic carbocycles. The molecule has 0 fully saturated rings. The van der Waals surface area contributed by atoms with E-state index in [1.54, 1.807) is 18.3 Å². The van der Waals surface area contributed by atoms with Crippen LogP contribution >= 0.6 is 0 Å². The molecule has 1 aliphatic heterocycles. The van der Waals surface area contributed by atoms with E-state index in [1.165, 1.54) is 0 Å². The minimum absolute atomic E-state index is 0.122. The van der Waals surface area contributed by atoms with Gasteiger partial charge in [0.1, 0.15) is 12.0 Å². The van der Waals surface area contributed by atoms with Crippen molar-refractivity contribution in [3.05, 3.63) is 71.9 Å². The first-order chi connectivity index (χ1) is 14.2. The number of pyridine rings is 1. The van der Waals surface area contributed by atoms with E-state index in [0.717, 1.165) is 33.9 Å². The number of fused-ring (bicyclic) bond motifs is 3. The summed E-state index contributed by atoms with van der Waals surface area (Å²) in [7, 11) is 0. The number of carbonyl (C=O) groups is 1. The van der Waals surface area contributed by atoms with Crippen LogP contribution in [0.1, 0.15) is 28.5 Å². The summed E-state index contributed by atoms with van der Waals surface area (Å²) in [5, 5.41) is 28.4. The minimum atomic E-state index is -0.963. The summed E-state index contributed by atoms with van der Waals surface area (Å²) in [4.78, 5) is 15.9. The normalized spacial score (nSPS) is 14.3. The van der Waals surface area contributed by atoms with Crippen LogP contribution in [-0.4, -0.2) is 34.3 Å². The summed E-state index contributed by atoms with van der Waals surface area (Å²) in [6, 6.07) is 16.9. The predicted octanol–water partition coefficient (Wildman–Crippen LogP) is 3.78. The standard InChI is InChI=1S/C22H22N4O3/c27-10-4-9-23-20-12-17-18(13-24-20)16-8-7-14(22(28)29)11-19(16)26-21(17)25-15-5-2-1-3-6-15/h1-3,5-8,11-13,21,25-27H,4,9-10H2,(H,23,24)(H,28,29). The quantitative estimate of drug-likeness (QED) is 0.391. The van der Waals surface area contributed by atoms with Gasteiger partial charge in [-0.1, -0.05) is 24.3 Å². The van der Waals surface area contributed by atoms with E-state index in [2.05, 4.69) is 20.9 Å². The van der Waals surface area contributed by atoms with Crippen LogP contribution in [-0.2, 0) is 0 Å². The molecule has 29 heavy (non-hydrogen) atoms. The predicted molar refractivity (Wildman–Crippen MR) is 113 cm³/mol. The Balaban J connectivity index is 1.73. The molecule has 0 spiro atoms. The van der Waals surface area contributed by atoms with Crippen molar-refractivity contribution in [3.63, 3.8) is 0 Å². The van der Waals surface area contributed by atoms with Gasteiger partial charge in [0.2, 0.25) is 0 Å². The lowest BCUT2D eigenvalue weighted by Gasteiger charge is -2.31. The van der Waals surface area contributed by atoms with Gasteiger partial charge in [-0.2, -0.15) is 0 Å². The number of aromatic nitrogens is 1. The highest BCUT2D eigenvalue weighted by atomic mass is 16.4. The highest BCUT2D eigenvalue weighted by Crippen LogP contribution is 2.41. The van der Waals surface area contributed by atoms with Crippen molar-refractivity contribution < 1.29 is 15.0 Å². The van der Waals surface area contributed by atoms with Crippen LogP contribution in [0.15, 0.2) is 60.8 Å². The number of hydrogen-bond donors (Lipinski definition) is 5. The molecular formula is C22H22N4O3. The number of carboxylic acids is 1. The fourth-order valence-corrected chi connectivity index (χ4v) is 3.41. The molecular weight excluding hydrogens is 368 g/mol. The summed E-state index contributed by atoms with van der Waals surface area (Å²) >= 11 is 0. The molecule has 5 N–H and O–H groups in total. The van der Waals surface area contributed by atoms with Gasteiger partial charge in [0, 0.05) is 47.4 Å². The summed E-state index contributed by atoms with van der Waals surface area (Å²) in [6.45, 7) is 0.752. The Hall–Kier alpha value is -3.58. The van der Waals surface area contributed by atoms with Gasteiger partial charge in [-0.15, -0.1) is 0 Å². The first-order valence-electron chi connectivity index (χ1n) is 9.46. The number of benzene rings is 2. The summed E-state index contributed by atoms with van der Waals surface area (Å²) in [5.74, 6) is -0.237. The van der Waals surface area contributed by atoms with Crippen molar-refractivity contribution in [2.24, 2.45) is 0 Å². The average molecular weight is 390 g/mol. The Kier molecular flexibility index (Phi) is 5.31. The molecule has 1 aliphatic rings. The van der Waals surface area contributed by atoms with Crippen molar-refractivity contribution in [2.75, 3.05) is 29.1 Å². The molecule has 4 rings (SSSR count). The highest BCUT2D eigenvalue weighted by Gasteiger charge is 2.26. The molecule has 0 amide bonds. The number of aliphatic hydroxyl groups is 1. The smallest absolute Gasteiger partial charge is 0.335 e. The summed E-state index contributed by atoms with van der Waals surface area (Å²) < 4.78 is 0. The minimum Gasteiger partial charge on any atom is -0.478 e. The topological polar surface area (TPSA) is 107 Å². The van der Waals surface area contributed by atoms with Crippen LogP contribution in [0, 0.1) is 0 Å². The Morgan fingerprint density at radius 1 is 1.10 bits per heavy atom. The van der Waals surface area contributed by atoms with Crippen molar-refractivity contribution in [3.8, 4) is 11.1 Å². The number of para-hydroxylation sites is 1. The molecule has 0 saturated carbocycles. The number of rotatable bonds is 7. The maximum absolute atomic E-state index is 11.4. The van der Waals surface area contributed by atoms with Crippen molar-refractivity contribution in [1.29, 1.82) is 0 Å². The molecule has 1 atom stereocenters. The second-order valence-corrected chi connectivity index (χ2v) is 6.81. The maximum atomic E-state index is 11.4. The van der Waals surface area contributed by atoms with E-state index in [1.807, 2.05) is 42.5 Å². The lowest BCUT2D eigenvalue weighted by Crippen LogP contribution is -2.25. The third kappa shape index (κ3) is 4.00. The average Bonchev–Trinajstić information content (AvgIpc) is 2.74. The van der Waals surface area contributed by atoms with Gasteiger partial charge in [-0.05, 0) is 36.8 Å². The second-order valence-electron chi connectivity index (χ2n) is 6.81. The zero-order chi connectivity index (χ0) is 20.2. The molecule has 2 aromatic carbocycles. The third-order valence-corrected chi connectivity index (χ3v) is 4.83. The van der Waals surface area contributed by atoms with Gasteiger partial charge in [0.15, 0.2) is 0 Å². The fraction of sp³-hybridized carbons (Fsp3) is 0.182. The largest absolute Gasteiger partial charge is 0.478 e. The van der Waals surface area contributed by atoms with E-state index in [9.17, 15) is 9.90 Å². The first-order valence-corrected chi connectivity index (χ1v) is 9.46. The van der Waals surface area contributed by atoms with Crippen LogP contribution in [0.25, 0.3) is 11.1 Å². The fourth-order valence-electron chi connectivity index (χ4n) is 3.41. The molecule has 3 aromatic rings. The molecule has 148 valence electrons. The maximum Gasteiger partial charge on any atom is 0.335 e. The van der Waals surface area contributed by atoms with E-state index in [-0.39, 0.29) is 18.3 Å². The van der Waals surface area contributed by atoms with Crippen LogP contribution in [0.3, 0.4) is 0 Å². The van der Waals surface area contributed by atoms with Crippen LogP contribution < -0.4 is 16.0 Å². The van der Waals surface area contributed by atoms with Gasteiger partial charge in [-0.25, -0.2) is 9.78 Å². The molecule has 1 aromatic heterocycles. The number of aromatic carboxylic acids is 1.